The van der Waals surface area contributed by atoms with E-state index < -0.39 is 0 Å². The first-order valence-electron chi connectivity index (χ1n) is 6.73. The standard InChI is InChI=1S/C19H15/c1-19(2)17-10-6-5-9-15(17)16-12-11-13-7-3-4-8-14(13)18(16)19/h3-7,9-12H,1-2H3. The second-order valence-electron chi connectivity index (χ2n) is 5.79. The third-order valence-corrected chi connectivity index (χ3v) is 4.35. The van der Waals surface area contributed by atoms with Gasteiger partial charge in [-0.2, -0.15) is 0 Å². The van der Waals surface area contributed by atoms with Gasteiger partial charge < -0.3 is 0 Å². The van der Waals surface area contributed by atoms with E-state index in [4.69, 9.17) is 0 Å². The second kappa shape index (κ2) is 3.48. The van der Waals surface area contributed by atoms with Gasteiger partial charge in [0.25, 0.3) is 0 Å². The number of hydrogen-bond acceptors (Lipinski definition) is 0. The normalized spacial score (nSPS) is 15.3. The zero-order valence-electron chi connectivity index (χ0n) is 11.2. The molecule has 0 fully saturated rings. The first-order valence-corrected chi connectivity index (χ1v) is 6.73. The Morgan fingerprint density at radius 1 is 0.842 bits per heavy atom. The smallest absolute Gasteiger partial charge is 0.0165 e. The van der Waals surface area contributed by atoms with E-state index in [1.54, 1.807) is 0 Å². The van der Waals surface area contributed by atoms with Crippen LogP contribution in [0.2, 0.25) is 0 Å². The molecule has 0 heterocycles. The Morgan fingerprint density at radius 2 is 1.68 bits per heavy atom. The molecule has 0 N–H and O–H groups in total. The lowest BCUT2D eigenvalue weighted by atomic mass is 9.80. The molecule has 91 valence electrons. The highest BCUT2D eigenvalue weighted by molar-refractivity contribution is 5.96. The number of fused-ring (bicyclic) bond motifs is 5. The van der Waals surface area contributed by atoms with Crippen LogP contribution in [0.4, 0.5) is 0 Å². The molecular formula is C19H15. The number of hydrogen-bond donors (Lipinski definition) is 0. The van der Waals surface area contributed by atoms with Crippen molar-refractivity contribution < 1.29 is 0 Å². The molecule has 4 rings (SSSR count). The van der Waals surface area contributed by atoms with E-state index in [1.165, 1.54) is 33.0 Å². The Balaban J connectivity index is 2.20. The SMILES string of the molecule is CC1(C)c2ccccc2-c2ccc3ccc[c]c3c21. The first kappa shape index (κ1) is 10.8. The van der Waals surface area contributed by atoms with Crippen LogP contribution >= 0.6 is 0 Å². The third kappa shape index (κ3) is 1.29. The lowest BCUT2D eigenvalue weighted by Gasteiger charge is -2.22. The molecule has 0 unspecified atom stereocenters. The predicted octanol–water partition coefficient (Wildman–Crippen LogP) is 4.95. The summed E-state index contributed by atoms with van der Waals surface area (Å²) in [5.41, 5.74) is 5.65. The maximum absolute atomic E-state index is 3.44. The minimum Gasteiger partial charge on any atom is -0.0619 e. The van der Waals surface area contributed by atoms with E-state index in [0.29, 0.717) is 0 Å². The second-order valence-corrected chi connectivity index (χ2v) is 5.79. The van der Waals surface area contributed by atoms with Crippen molar-refractivity contribution in [3.63, 3.8) is 0 Å². The summed E-state index contributed by atoms with van der Waals surface area (Å²) in [6, 6.07) is 22.9. The molecule has 19 heavy (non-hydrogen) atoms. The molecule has 1 aliphatic carbocycles. The van der Waals surface area contributed by atoms with Gasteiger partial charge >= 0.3 is 0 Å². The largest absolute Gasteiger partial charge is 0.0619 e. The van der Waals surface area contributed by atoms with E-state index >= 15 is 0 Å². The van der Waals surface area contributed by atoms with Crippen LogP contribution in [-0.4, -0.2) is 0 Å². The van der Waals surface area contributed by atoms with Gasteiger partial charge in [0.2, 0.25) is 0 Å². The molecule has 0 atom stereocenters. The summed E-state index contributed by atoms with van der Waals surface area (Å²) in [4.78, 5) is 0. The van der Waals surface area contributed by atoms with Crippen LogP contribution in [0.5, 0.6) is 0 Å². The summed E-state index contributed by atoms with van der Waals surface area (Å²) in [5.74, 6) is 0. The van der Waals surface area contributed by atoms with Crippen LogP contribution < -0.4 is 0 Å². The minimum absolute atomic E-state index is 0.0588. The molecule has 3 aromatic rings. The van der Waals surface area contributed by atoms with Crippen molar-refractivity contribution >= 4 is 10.8 Å². The summed E-state index contributed by atoms with van der Waals surface area (Å²) in [6.45, 7) is 4.63. The predicted molar refractivity (Wildman–Crippen MR) is 80.3 cm³/mol. The van der Waals surface area contributed by atoms with Crippen LogP contribution in [-0.2, 0) is 5.41 Å². The molecule has 0 amide bonds. The monoisotopic (exact) mass is 243 g/mol. The quantitative estimate of drug-likeness (QED) is 0.524. The highest BCUT2D eigenvalue weighted by Crippen LogP contribution is 2.50. The average Bonchev–Trinajstić information content (AvgIpc) is 2.68. The van der Waals surface area contributed by atoms with Gasteiger partial charge in [-0.15, -0.1) is 0 Å². The van der Waals surface area contributed by atoms with E-state index in [2.05, 4.69) is 68.4 Å². The van der Waals surface area contributed by atoms with E-state index in [-0.39, 0.29) is 5.41 Å². The van der Waals surface area contributed by atoms with Crippen molar-refractivity contribution in [1.82, 2.24) is 0 Å². The molecule has 1 radical (unpaired) electrons. The third-order valence-electron chi connectivity index (χ3n) is 4.35. The fourth-order valence-corrected chi connectivity index (χ4v) is 3.47. The molecule has 0 aliphatic heterocycles. The lowest BCUT2D eigenvalue weighted by Crippen LogP contribution is -2.15. The summed E-state index contributed by atoms with van der Waals surface area (Å²) in [7, 11) is 0. The Labute approximate surface area is 113 Å². The van der Waals surface area contributed by atoms with E-state index in [1.807, 2.05) is 6.07 Å². The van der Waals surface area contributed by atoms with Gasteiger partial charge in [-0.3, -0.25) is 0 Å². The molecule has 0 aromatic heterocycles. The summed E-state index contributed by atoms with van der Waals surface area (Å²) in [6.07, 6.45) is 0. The molecule has 0 bridgehead atoms. The summed E-state index contributed by atoms with van der Waals surface area (Å²) >= 11 is 0. The number of rotatable bonds is 0. The molecule has 3 aromatic carbocycles. The van der Waals surface area contributed by atoms with Gasteiger partial charge in [0.15, 0.2) is 0 Å². The fourth-order valence-electron chi connectivity index (χ4n) is 3.47. The molecule has 0 spiro atoms. The highest BCUT2D eigenvalue weighted by atomic mass is 14.4. The van der Waals surface area contributed by atoms with Crippen LogP contribution in [0.15, 0.2) is 54.6 Å². The van der Waals surface area contributed by atoms with Crippen LogP contribution in [0.3, 0.4) is 0 Å². The van der Waals surface area contributed by atoms with Gasteiger partial charge in [-0.1, -0.05) is 68.4 Å². The van der Waals surface area contributed by atoms with Crippen LogP contribution in [0.1, 0.15) is 25.0 Å². The molecule has 0 saturated heterocycles. The average molecular weight is 243 g/mol. The topological polar surface area (TPSA) is 0 Å². The Morgan fingerprint density at radius 3 is 2.58 bits per heavy atom. The fraction of sp³-hybridized carbons (Fsp3) is 0.158. The lowest BCUT2D eigenvalue weighted by molar-refractivity contribution is 0.666. The maximum Gasteiger partial charge on any atom is 0.0165 e. The molecular weight excluding hydrogens is 228 g/mol. The summed E-state index contributed by atoms with van der Waals surface area (Å²) in [5, 5.41) is 2.54. The van der Waals surface area contributed by atoms with Crippen molar-refractivity contribution in [2.45, 2.75) is 19.3 Å². The van der Waals surface area contributed by atoms with Crippen LogP contribution in [0, 0.1) is 6.07 Å². The van der Waals surface area contributed by atoms with Crippen molar-refractivity contribution in [3.8, 4) is 11.1 Å². The minimum atomic E-state index is 0.0588. The van der Waals surface area contributed by atoms with E-state index in [9.17, 15) is 0 Å². The Bertz CT molecular complexity index is 794. The zero-order valence-corrected chi connectivity index (χ0v) is 11.2. The van der Waals surface area contributed by atoms with Crippen molar-refractivity contribution in [3.05, 3.63) is 71.8 Å². The van der Waals surface area contributed by atoms with Crippen molar-refractivity contribution in [2.75, 3.05) is 0 Å². The first-order chi connectivity index (χ1) is 9.19. The Kier molecular flexibility index (Phi) is 1.98. The van der Waals surface area contributed by atoms with Gasteiger partial charge in [-0.05, 0) is 39.1 Å². The molecule has 0 saturated carbocycles. The van der Waals surface area contributed by atoms with Gasteiger partial charge in [0, 0.05) is 5.41 Å². The highest BCUT2D eigenvalue weighted by Gasteiger charge is 2.36. The van der Waals surface area contributed by atoms with Crippen molar-refractivity contribution in [2.24, 2.45) is 0 Å². The maximum atomic E-state index is 3.44. The molecule has 0 heteroatoms. The van der Waals surface area contributed by atoms with Gasteiger partial charge in [0.1, 0.15) is 0 Å². The van der Waals surface area contributed by atoms with E-state index in [0.717, 1.165) is 0 Å². The zero-order chi connectivity index (χ0) is 13.0. The van der Waals surface area contributed by atoms with Gasteiger partial charge in [0.05, 0.1) is 0 Å². The van der Waals surface area contributed by atoms with Crippen LogP contribution in [0.25, 0.3) is 21.9 Å². The van der Waals surface area contributed by atoms with Crippen molar-refractivity contribution in [1.29, 1.82) is 0 Å². The molecule has 1 aliphatic rings. The molecule has 0 nitrogen and oxygen atoms in total. The summed E-state index contributed by atoms with van der Waals surface area (Å²) < 4.78 is 0. The Hall–Kier alpha value is -2.08. The number of benzene rings is 3. The van der Waals surface area contributed by atoms with Gasteiger partial charge in [-0.25, -0.2) is 0 Å².